The number of carbonyl (C=O) groups is 1. The van der Waals surface area contributed by atoms with E-state index in [0.717, 1.165) is 11.0 Å². The lowest BCUT2D eigenvalue weighted by Crippen LogP contribution is -2.06. The summed E-state index contributed by atoms with van der Waals surface area (Å²) in [7, 11) is 1.33. The molecule has 0 amide bonds. The summed E-state index contributed by atoms with van der Waals surface area (Å²) in [6.45, 7) is 0. The Kier molecular flexibility index (Phi) is 3.72. The Bertz CT molecular complexity index is 1320. The number of imidazole rings is 1. The fourth-order valence-corrected chi connectivity index (χ4v) is 3.26. The molecule has 0 aliphatic heterocycles. The largest absolute Gasteiger partial charge is 0.469 e. The molecule has 11 nitrogen and oxygen atoms in total. The molecule has 0 saturated carbocycles. The number of ether oxygens (including phenoxy) is 1. The molecule has 0 spiro atoms. The molecule has 0 aliphatic carbocycles. The molecular weight excluding hydrogens is 382 g/mol. The molecule has 0 fully saturated rings. The first-order valence-electron chi connectivity index (χ1n) is 8.25. The Morgan fingerprint density at radius 2 is 2.07 bits per heavy atom. The molecule has 4 heterocycles. The van der Waals surface area contributed by atoms with Gasteiger partial charge in [0.25, 0.3) is 5.78 Å². The lowest BCUT2D eigenvalue weighted by atomic mass is 10.3. The second-order valence-corrected chi connectivity index (χ2v) is 6.64. The zero-order valence-electron chi connectivity index (χ0n) is 14.8. The predicted molar refractivity (Wildman–Crippen MR) is 100 cm³/mol. The van der Waals surface area contributed by atoms with Gasteiger partial charge in [-0.15, -0.1) is 15.3 Å². The van der Waals surface area contributed by atoms with Crippen molar-refractivity contribution in [2.45, 2.75) is 11.6 Å². The van der Waals surface area contributed by atoms with E-state index in [1.165, 1.54) is 18.9 Å². The van der Waals surface area contributed by atoms with Gasteiger partial charge in [0.1, 0.15) is 5.69 Å². The van der Waals surface area contributed by atoms with Crippen molar-refractivity contribution in [3.05, 3.63) is 30.0 Å². The van der Waals surface area contributed by atoms with E-state index in [1.54, 1.807) is 9.20 Å². The first-order chi connectivity index (χ1) is 13.7. The number of aromatic amines is 1. The fraction of sp³-hybridized carbons (Fsp3) is 0.188. The lowest BCUT2D eigenvalue weighted by molar-refractivity contribution is -0.139. The summed E-state index contributed by atoms with van der Waals surface area (Å²) in [5.41, 5.74) is 3.00. The van der Waals surface area contributed by atoms with Crippen molar-refractivity contribution < 1.29 is 9.53 Å². The van der Waals surface area contributed by atoms with Crippen LogP contribution in [0.5, 0.6) is 0 Å². The molecule has 0 bridgehead atoms. The number of H-pyrrole nitrogens is 1. The monoisotopic (exact) mass is 395 g/mol. The molecule has 0 saturated heterocycles. The van der Waals surface area contributed by atoms with Gasteiger partial charge in [0.15, 0.2) is 11.2 Å². The quantitative estimate of drug-likeness (QED) is 0.352. The fourth-order valence-electron chi connectivity index (χ4n) is 2.93. The van der Waals surface area contributed by atoms with Gasteiger partial charge in [0.2, 0.25) is 11.1 Å². The lowest BCUT2D eigenvalue weighted by Gasteiger charge is -1.99. The molecule has 5 rings (SSSR count). The van der Waals surface area contributed by atoms with Gasteiger partial charge in [0.05, 0.1) is 24.6 Å². The van der Waals surface area contributed by atoms with E-state index < -0.39 is 5.97 Å². The van der Waals surface area contributed by atoms with Gasteiger partial charge in [-0.05, 0) is 18.4 Å². The minimum atomic E-state index is -0.429. The van der Waals surface area contributed by atoms with E-state index in [2.05, 4.69) is 35.3 Å². The first kappa shape index (κ1) is 16.6. The van der Waals surface area contributed by atoms with Crippen LogP contribution in [-0.2, 0) is 16.0 Å². The minimum absolute atomic E-state index is 0.0511. The molecule has 0 radical (unpaired) electrons. The van der Waals surface area contributed by atoms with E-state index >= 15 is 0 Å². The number of esters is 1. The van der Waals surface area contributed by atoms with Gasteiger partial charge < -0.3 is 9.72 Å². The molecule has 5 aromatic rings. The third-order valence-corrected chi connectivity index (χ3v) is 4.75. The van der Waals surface area contributed by atoms with Crippen molar-refractivity contribution in [2.24, 2.45) is 0 Å². The maximum atomic E-state index is 11.8. The van der Waals surface area contributed by atoms with Crippen LogP contribution in [0.15, 0.2) is 29.4 Å². The molecule has 140 valence electrons. The number of hydrogen-bond acceptors (Lipinski definition) is 9. The third-order valence-electron chi connectivity index (χ3n) is 4.22. The molecule has 4 aromatic heterocycles. The van der Waals surface area contributed by atoms with Gasteiger partial charge >= 0.3 is 5.97 Å². The smallest absolute Gasteiger partial charge is 0.311 e. The van der Waals surface area contributed by atoms with Gasteiger partial charge in [-0.25, -0.2) is 4.98 Å². The number of aromatic nitrogens is 9. The van der Waals surface area contributed by atoms with Gasteiger partial charge in [0, 0.05) is 0 Å². The summed E-state index contributed by atoms with van der Waals surface area (Å²) in [6.07, 6.45) is 1.82. The Labute approximate surface area is 161 Å². The van der Waals surface area contributed by atoms with Crippen LogP contribution in [0.2, 0.25) is 0 Å². The van der Waals surface area contributed by atoms with E-state index in [0.29, 0.717) is 33.7 Å². The van der Waals surface area contributed by atoms with Crippen molar-refractivity contribution in [1.29, 1.82) is 0 Å². The number of rotatable bonds is 4. The van der Waals surface area contributed by atoms with Gasteiger partial charge in [-0.2, -0.15) is 19.3 Å². The number of nitrogens with one attached hydrogen (secondary N) is 1. The normalized spacial score (nSPS) is 11.6. The summed E-state index contributed by atoms with van der Waals surface area (Å²) >= 11 is 1.39. The highest BCUT2D eigenvalue weighted by molar-refractivity contribution is 7.98. The number of benzene rings is 1. The Morgan fingerprint density at radius 3 is 2.86 bits per heavy atom. The standard InChI is InChI=1S/C16H13N9O2S/c1-27-11(26)7-10-12-13(25-15(21-20-12)19-16(23-25)28-2)24(22-10)14-17-8-5-3-4-6-9(8)18-14/h3-6H,7H2,1-2H3,(H,17,18). The van der Waals surface area contributed by atoms with Crippen LogP contribution < -0.4 is 0 Å². The highest BCUT2D eigenvalue weighted by Crippen LogP contribution is 2.22. The zero-order valence-corrected chi connectivity index (χ0v) is 15.6. The SMILES string of the molecule is COC(=O)Cc1nn(-c2nc3ccccc3[nH]2)c2c1nnc1nc(SC)nn12. The van der Waals surface area contributed by atoms with Crippen LogP contribution in [0.1, 0.15) is 5.69 Å². The summed E-state index contributed by atoms with van der Waals surface area (Å²) in [5, 5.41) is 17.9. The molecule has 1 aromatic carbocycles. The third kappa shape index (κ3) is 2.49. The molecule has 0 atom stereocenters. The number of fused-ring (bicyclic) bond motifs is 4. The number of methoxy groups -OCH3 is 1. The van der Waals surface area contributed by atoms with Gasteiger partial charge in [-0.1, -0.05) is 23.9 Å². The molecule has 28 heavy (non-hydrogen) atoms. The number of thioether (sulfide) groups is 1. The van der Waals surface area contributed by atoms with E-state index in [1.807, 2.05) is 30.5 Å². The maximum Gasteiger partial charge on any atom is 0.311 e. The van der Waals surface area contributed by atoms with Crippen LogP contribution in [0, 0.1) is 0 Å². The zero-order chi connectivity index (χ0) is 19.3. The second kappa shape index (κ2) is 6.27. The van der Waals surface area contributed by atoms with Gasteiger partial charge in [-0.3, -0.25) is 4.79 Å². The summed E-state index contributed by atoms with van der Waals surface area (Å²) < 4.78 is 7.89. The minimum Gasteiger partial charge on any atom is -0.469 e. The van der Waals surface area contributed by atoms with Crippen LogP contribution in [0.25, 0.3) is 33.9 Å². The Hall–Kier alpha value is -3.54. The number of hydrogen-bond donors (Lipinski definition) is 1. The van der Waals surface area contributed by atoms with Crippen LogP contribution >= 0.6 is 11.8 Å². The van der Waals surface area contributed by atoms with Crippen molar-refractivity contribution in [2.75, 3.05) is 13.4 Å². The predicted octanol–water partition coefficient (Wildman–Crippen LogP) is 1.17. The average molecular weight is 395 g/mol. The average Bonchev–Trinajstić information content (AvgIpc) is 3.41. The molecular formula is C16H13N9O2S. The Morgan fingerprint density at radius 1 is 1.21 bits per heavy atom. The van der Waals surface area contributed by atoms with Crippen molar-refractivity contribution in [3.63, 3.8) is 0 Å². The topological polar surface area (TPSA) is 129 Å². The van der Waals surface area contributed by atoms with Crippen molar-refractivity contribution in [1.82, 2.24) is 44.5 Å². The number of carbonyl (C=O) groups excluding carboxylic acids is 1. The molecule has 1 N–H and O–H groups in total. The van der Waals surface area contributed by atoms with Crippen molar-refractivity contribution >= 4 is 45.7 Å². The van der Waals surface area contributed by atoms with Crippen LogP contribution in [-0.4, -0.2) is 63.9 Å². The second-order valence-electron chi connectivity index (χ2n) is 5.87. The maximum absolute atomic E-state index is 11.8. The first-order valence-corrected chi connectivity index (χ1v) is 9.47. The summed E-state index contributed by atoms with van der Waals surface area (Å²) in [4.78, 5) is 24.0. The van der Waals surface area contributed by atoms with E-state index in [4.69, 9.17) is 4.74 Å². The van der Waals surface area contributed by atoms with Crippen LogP contribution in [0.3, 0.4) is 0 Å². The molecule has 12 heteroatoms. The highest BCUT2D eigenvalue weighted by atomic mass is 32.2. The summed E-state index contributed by atoms with van der Waals surface area (Å²) in [6, 6.07) is 7.64. The summed E-state index contributed by atoms with van der Waals surface area (Å²) in [5.74, 6) is 0.373. The van der Waals surface area contributed by atoms with E-state index in [-0.39, 0.29) is 6.42 Å². The highest BCUT2D eigenvalue weighted by Gasteiger charge is 2.23. The van der Waals surface area contributed by atoms with Crippen LogP contribution in [0.4, 0.5) is 0 Å². The van der Waals surface area contributed by atoms with Crippen molar-refractivity contribution in [3.8, 4) is 5.95 Å². The number of para-hydroxylation sites is 2. The Balaban J connectivity index is 1.82. The molecule has 0 unspecified atom stereocenters. The van der Waals surface area contributed by atoms with E-state index in [9.17, 15) is 4.79 Å². The number of nitrogens with zero attached hydrogens (tertiary/aromatic N) is 8. The molecule has 0 aliphatic rings.